The van der Waals surface area contributed by atoms with Crippen molar-refractivity contribution in [2.24, 2.45) is 0 Å². The summed E-state index contributed by atoms with van der Waals surface area (Å²) in [5.74, 6) is -0.222. The molecule has 0 N–H and O–H groups in total. The Bertz CT molecular complexity index is 451. The van der Waals surface area contributed by atoms with Crippen LogP contribution in [-0.2, 0) is 20.9 Å². The number of allylic oxidation sites excluding steroid dienone is 1. The molecule has 3 nitrogen and oxygen atoms in total. The summed E-state index contributed by atoms with van der Waals surface area (Å²) in [6.07, 6.45) is 10.2. The van der Waals surface area contributed by atoms with E-state index in [1.807, 2.05) is 24.3 Å². The number of rotatable bonds is 12. The van der Waals surface area contributed by atoms with Crippen LogP contribution in [-0.4, -0.2) is 19.7 Å². The summed E-state index contributed by atoms with van der Waals surface area (Å²) >= 11 is 0. The van der Waals surface area contributed by atoms with Crippen LogP contribution in [0.4, 0.5) is 0 Å². The lowest BCUT2D eigenvalue weighted by Crippen LogP contribution is -2.01. The van der Waals surface area contributed by atoms with Gasteiger partial charge in [-0.2, -0.15) is 0 Å². The Morgan fingerprint density at radius 1 is 1.00 bits per heavy atom. The molecule has 0 amide bonds. The predicted octanol–water partition coefficient (Wildman–Crippen LogP) is 5.05. The Morgan fingerprint density at radius 2 is 1.65 bits per heavy atom. The zero-order valence-electron chi connectivity index (χ0n) is 14.6. The van der Waals surface area contributed by atoms with E-state index in [9.17, 15) is 4.79 Å². The maximum Gasteiger partial charge on any atom is 0.333 e. The molecule has 1 aromatic rings. The van der Waals surface area contributed by atoms with E-state index in [1.54, 1.807) is 6.92 Å². The van der Waals surface area contributed by atoms with Gasteiger partial charge in [0.2, 0.25) is 0 Å². The monoisotopic (exact) mass is 318 g/mol. The molecule has 0 aromatic heterocycles. The van der Waals surface area contributed by atoms with E-state index in [0.717, 1.165) is 25.9 Å². The van der Waals surface area contributed by atoms with Crippen LogP contribution in [0.3, 0.4) is 0 Å². The standard InChI is InChI=1S/C20H30O3/c1-18(20(21)22-2)13-9-6-4-3-5-7-12-16-23-17-19-14-10-8-11-15-19/h8,10-11,13-15H,3-7,9,12,16-17H2,1-2H3/b18-13+. The number of carbonyl (C=O) groups is 1. The summed E-state index contributed by atoms with van der Waals surface area (Å²) < 4.78 is 10.3. The normalized spacial score (nSPS) is 11.5. The second-order valence-electron chi connectivity index (χ2n) is 5.83. The molecule has 1 rings (SSSR count). The van der Waals surface area contributed by atoms with Crippen LogP contribution in [0.5, 0.6) is 0 Å². The predicted molar refractivity (Wildman–Crippen MR) is 94.2 cm³/mol. The van der Waals surface area contributed by atoms with E-state index in [2.05, 4.69) is 16.9 Å². The highest BCUT2D eigenvalue weighted by Gasteiger charge is 2.01. The molecule has 0 unspecified atom stereocenters. The highest BCUT2D eigenvalue weighted by atomic mass is 16.5. The van der Waals surface area contributed by atoms with Gasteiger partial charge in [-0.25, -0.2) is 4.79 Å². The second kappa shape index (κ2) is 12.9. The lowest BCUT2D eigenvalue weighted by Gasteiger charge is -2.04. The molecule has 0 aliphatic rings. The minimum atomic E-state index is -0.222. The average Bonchev–Trinajstić information content (AvgIpc) is 2.59. The highest BCUT2D eigenvalue weighted by molar-refractivity contribution is 5.87. The molecule has 1 aromatic carbocycles. The van der Waals surface area contributed by atoms with Crippen molar-refractivity contribution >= 4 is 5.97 Å². The fraction of sp³-hybridized carbons (Fsp3) is 0.550. The molecule has 0 bridgehead atoms. The van der Waals surface area contributed by atoms with Crippen LogP contribution in [0.25, 0.3) is 0 Å². The topological polar surface area (TPSA) is 35.5 Å². The van der Waals surface area contributed by atoms with Crippen LogP contribution in [0.1, 0.15) is 57.4 Å². The first-order valence-electron chi connectivity index (χ1n) is 8.61. The van der Waals surface area contributed by atoms with Gasteiger partial charge < -0.3 is 9.47 Å². The molecule has 3 heteroatoms. The average molecular weight is 318 g/mol. The van der Waals surface area contributed by atoms with Crippen LogP contribution in [0, 0.1) is 0 Å². The molecule has 0 fully saturated rings. The number of hydrogen-bond donors (Lipinski definition) is 0. The Labute approximate surface area is 140 Å². The quantitative estimate of drug-likeness (QED) is 0.307. The Balaban J connectivity index is 1.87. The molecule has 0 radical (unpaired) electrons. The fourth-order valence-corrected chi connectivity index (χ4v) is 2.38. The lowest BCUT2D eigenvalue weighted by atomic mass is 10.1. The van der Waals surface area contributed by atoms with E-state index in [-0.39, 0.29) is 5.97 Å². The molecule has 0 saturated carbocycles. The highest BCUT2D eigenvalue weighted by Crippen LogP contribution is 2.09. The zero-order valence-corrected chi connectivity index (χ0v) is 14.6. The van der Waals surface area contributed by atoms with Gasteiger partial charge >= 0.3 is 5.97 Å². The van der Waals surface area contributed by atoms with Gasteiger partial charge in [0.1, 0.15) is 0 Å². The number of esters is 1. The van der Waals surface area contributed by atoms with Crippen molar-refractivity contribution in [2.45, 2.75) is 58.5 Å². The number of hydrogen-bond acceptors (Lipinski definition) is 3. The number of unbranched alkanes of at least 4 members (excludes halogenated alkanes) is 6. The smallest absolute Gasteiger partial charge is 0.333 e. The molecule has 0 aliphatic carbocycles. The van der Waals surface area contributed by atoms with Crippen molar-refractivity contribution in [3.63, 3.8) is 0 Å². The van der Waals surface area contributed by atoms with E-state index < -0.39 is 0 Å². The molecule has 128 valence electrons. The molecule has 0 heterocycles. The zero-order chi connectivity index (χ0) is 16.8. The van der Waals surface area contributed by atoms with Crippen molar-refractivity contribution in [2.75, 3.05) is 13.7 Å². The maximum absolute atomic E-state index is 11.2. The van der Waals surface area contributed by atoms with E-state index in [0.29, 0.717) is 12.2 Å². The molecule has 0 saturated heterocycles. The third-order valence-electron chi connectivity index (χ3n) is 3.81. The van der Waals surface area contributed by atoms with Gasteiger partial charge in [0, 0.05) is 12.2 Å². The minimum Gasteiger partial charge on any atom is -0.466 e. The van der Waals surface area contributed by atoms with Crippen molar-refractivity contribution in [1.29, 1.82) is 0 Å². The van der Waals surface area contributed by atoms with Crippen molar-refractivity contribution < 1.29 is 14.3 Å². The summed E-state index contributed by atoms with van der Waals surface area (Å²) in [6, 6.07) is 10.3. The van der Waals surface area contributed by atoms with Crippen LogP contribution in [0.15, 0.2) is 42.0 Å². The molecule has 0 aliphatic heterocycles. The Morgan fingerprint density at radius 3 is 2.35 bits per heavy atom. The maximum atomic E-state index is 11.2. The molecular weight excluding hydrogens is 288 g/mol. The van der Waals surface area contributed by atoms with Gasteiger partial charge in [0.25, 0.3) is 0 Å². The number of methoxy groups -OCH3 is 1. The summed E-state index contributed by atoms with van der Waals surface area (Å²) in [7, 11) is 1.42. The summed E-state index contributed by atoms with van der Waals surface area (Å²) in [5, 5.41) is 0. The van der Waals surface area contributed by atoms with Gasteiger partial charge in [-0.3, -0.25) is 0 Å². The summed E-state index contributed by atoms with van der Waals surface area (Å²) in [5.41, 5.74) is 1.95. The number of ether oxygens (including phenoxy) is 2. The molecule has 0 atom stereocenters. The van der Waals surface area contributed by atoms with Gasteiger partial charge in [0.05, 0.1) is 13.7 Å². The third-order valence-corrected chi connectivity index (χ3v) is 3.81. The lowest BCUT2D eigenvalue weighted by molar-refractivity contribution is -0.136. The first-order valence-corrected chi connectivity index (χ1v) is 8.61. The van der Waals surface area contributed by atoms with Gasteiger partial charge in [-0.05, 0) is 31.7 Å². The van der Waals surface area contributed by atoms with E-state index in [1.165, 1.54) is 38.4 Å². The van der Waals surface area contributed by atoms with Gasteiger partial charge in [-0.15, -0.1) is 0 Å². The van der Waals surface area contributed by atoms with Crippen LogP contribution in [0.2, 0.25) is 0 Å². The number of benzene rings is 1. The Kier molecular flexibility index (Phi) is 10.9. The summed E-state index contributed by atoms with van der Waals surface area (Å²) in [4.78, 5) is 11.2. The van der Waals surface area contributed by atoms with Crippen molar-refractivity contribution in [1.82, 2.24) is 0 Å². The fourth-order valence-electron chi connectivity index (χ4n) is 2.38. The molecule has 23 heavy (non-hydrogen) atoms. The number of carbonyl (C=O) groups excluding carboxylic acids is 1. The van der Waals surface area contributed by atoms with E-state index >= 15 is 0 Å². The van der Waals surface area contributed by atoms with Crippen LogP contribution >= 0.6 is 0 Å². The van der Waals surface area contributed by atoms with Gasteiger partial charge in [-0.1, -0.05) is 62.1 Å². The first-order chi connectivity index (χ1) is 11.2. The van der Waals surface area contributed by atoms with Crippen LogP contribution < -0.4 is 0 Å². The largest absolute Gasteiger partial charge is 0.466 e. The first kappa shape index (κ1) is 19.4. The molecule has 0 spiro atoms. The van der Waals surface area contributed by atoms with Crippen molar-refractivity contribution in [3.8, 4) is 0 Å². The molecular formula is C20H30O3. The van der Waals surface area contributed by atoms with E-state index in [4.69, 9.17) is 4.74 Å². The summed E-state index contributed by atoms with van der Waals surface area (Å²) in [6.45, 7) is 3.37. The SMILES string of the molecule is COC(=O)/C(C)=C/CCCCCCCCOCc1ccccc1. The second-order valence-corrected chi connectivity index (χ2v) is 5.83. The minimum absolute atomic E-state index is 0.222. The Hall–Kier alpha value is -1.61. The third kappa shape index (κ3) is 9.90. The van der Waals surface area contributed by atoms with Gasteiger partial charge in [0.15, 0.2) is 0 Å². The van der Waals surface area contributed by atoms with Crippen molar-refractivity contribution in [3.05, 3.63) is 47.5 Å².